The van der Waals surface area contributed by atoms with Crippen LogP contribution in [-0.2, 0) is 11.4 Å². The molecule has 49 heavy (non-hydrogen) atoms. The molecule has 0 unspecified atom stereocenters. The number of thiazole rings is 1. The van der Waals surface area contributed by atoms with E-state index in [0.717, 1.165) is 16.7 Å². The number of hydrogen-bond donors (Lipinski definition) is 1. The van der Waals surface area contributed by atoms with Crippen LogP contribution in [0.5, 0.6) is 28.7 Å². The van der Waals surface area contributed by atoms with Gasteiger partial charge in [-0.3, -0.25) is 14.2 Å². The van der Waals surface area contributed by atoms with Gasteiger partial charge in [-0.25, -0.2) is 4.99 Å². The van der Waals surface area contributed by atoms with Crippen LogP contribution in [0, 0.1) is 0 Å². The van der Waals surface area contributed by atoms with Gasteiger partial charge in [-0.15, -0.1) is 0 Å². The molecule has 248 valence electrons. The Morgan fingerprint density at radius 2 is 1.78 bits per heavy atom. The molecule has 0 spiro atoms. The zero-order valence-corrected chi connectivity index (χ0v) is 27.9. The van der Waals surface area contributed by atoms with Crippen molar-refractivity contribution in [2.75, 3.05) is 25.8 Å². The number of allylic oxidation sites excluding steroid dienone is 1. The fraction of sp³-hybridized carbons (Fsp3) is 0.184. The van der Waals surface area contributed by atoms with Crippen LogP contribution in [0.2, 0.25) is 0 Å². The number of amides is 1. The molecule has 2 aliphatic rings. The molecule has 1 amide bonds. The molecular formula is C38H33N3O7S. The summed E-state index contributed by atoms with van der Waals surface area (Å²) < 4.78 is 30.3. The third-order valence-electron chi connectivity index (χ3n) is 8.12. The highest BCUT2D eigenvalue weighted by Gasteiger charge is 2.32. The summed E-state index contributed by atoms with van der Waals surface area (Å²) >= 11 is 1.27. The van der Waals surface area contributed by atoms with E-state index in [4.69, 9.17) is 28.7 Å². The van der Waals surface area contributed by atoms with Crippen molar-refractivity contribution >= 4 is 29.0 Å². The Balaban J connectivity index is 1.22. The van der Waals surface area contributed by atoms with Crippen LogP contribution in [0.3, 0.4) is 0 Å². The fourth-order valence-corrected chi connectivity index (χ4v) is 6.84. The van der Waals surface area contributed by atoms with E-state index in [9.17, 15) is 9.59 Å². The van der Waals surface area contributed by atoms with Gasteiger partial charge >= 0.3 is 0 Å². The highest BCUT2D eigenvalue weighted by Crippen LogP contribution is 2.35. The lowest BCUT2D eigenvalue weighted by molar-refractivity contribution is -0.113. The molecule has 4 aromatic carbocycles. The molecule has 0 radical (unpaired) electrons. The summed E-state index contributed by atoms with van der Waals surface area (Å²) in [4.78, 5) is 33.3. The van der Waals surface area contributed by atoms with Gasteiger partial charge < -0.3 is 29.0 Å². The lowest BCUT2D eigenvalue weighted by Gasteiger charge is -2.25. The van der Waals surface area contributed by atoms with Crippen molar-refractivity contribution in [1.82, 2.24) is 4.57 Å². The SMILES string of the molecule is CCOc1ccc([C@H]2C(C(=O)Nc3ccccc3)=C(C)N=c3s/c(=C\c4ccc(OCc5ccc6c(c5)OCO6)c(OC)c4)c(=O)n32)cc1. The van der Waals surface area contributed by atoms with Gasteiger partial charge in [-0.2, -0.15) is 0 Å². The predicted molar refractivity (Wildman–Crippen MR) is 186 cm³/mol. The number of rotatable bonds is 10. The Morgan fingerprint density at radius 1 is 0.980 bits per heavy atom. The van der Waals surface area contributed by atoms with Crippen LogP contribution >= 0.6 is 11.3 Å². The van der Waals surface area contributed by atoms with E-state index in [1.54, 1.807) is 24.7 Å². The molecule has 11 heteroatoms. The number of hydrogen-bond acceptors (Lipinski definition) is 9. The molecule has 1 aromatic heterocycles. The van der Waals surface area contributed by atoms with Crippen LogP contribution in [0.1, 0.15) is 36.6 Å². The Bertz CT molecular complexity index is 2240. The Hall–Kier alpha value is -5.81. The van der Waals surface area contributed by atoms with Crippen molar-refractivity contribution in [3.63, 3.8) is 0 Å². The van der Waals surface area contributed by atoms with Crippen LogP contribution < -0.4 is 43.9 Å². The number of anilines is 1. The van der Waals surface area contributed by atoms with Crippen molar-refractivity contribution in [2.24, 2.45) is 4.99 Å². The number of carbonyl (C=O) groups is 1. The van der Waals surface area contributed by atoms with Gasteiger partial charge in [0.1, 0.15) is 12.4 Å². The van der Waals surface area contributed by atoms with Gasteiger partial charge in [0.15, 0.2) is 27.8 Å². The second-order valence-electron chi connectivity index (χ2n) is 11.3. The van der Waals surface area contributed by atoms with E-state index < -0.39 is 6.04 Å². The van der Waals surface area contributed by atoms with Crippen LogP contribution in [0.4, 0.5) is 5.69 Å². The number of nitrogens with zero attached hydrogens (tertiary/aromatic N) is 2. The summed E-state index contributed by atoms with van der Waals surface area (Å²) in [6, 6.07) is 27.1. The summed E-state index contributed by atoms with van der Waals surface area (Å²) in [5.41, 5.74) is 3.73. The Kier molecular flexibility index (Phi) is 8.91. The predicted octanol–water partition coefficient (Wildman–Crippen LogP) is 5.59. The number of fused-ring (bicyclic) bond motifs is 2. The molecule has 10 nitrogen and oxygen atoms in total. The molecule has 0 saturated heterocycles. The van der Waals surface area contributed by atoms with E-state index in [1.807, 2.05) is 97.9 Å². The Labute approximate surface area is 286 Å². The largest absolute Gasteiger partial charge is 0.494 e. The first kappa shape index (κ1) is 31.8. The number of methoxy groups -OCH3 is 1. The zero-order valence-electron chi connectivity index (χ0n) is 27.1. The number of benzene rings is 4. The molecule has 0 aliphatic carbocycles. The number of ether oxygens (including phenoxy) is 5. The van der Waals surface area contributed by atoms with Crippen molar-refractivity contribution in [3.8, 4) is 28.7 Å². The van der Waals surface area contributed by atoms with Crippen molar-refractivity contribution in [2.45, 2.75) is 26.5 Å². The highest BCUT2D eigenvalue weighted by molar-refractivity contribution is 7.07. The minimum Gasteiger partial charge on any atom is -0.494 e. The first-order valence-corrected chi connectivity index (χ1v) is 16.5. The van der Waals surface area contributed by atoms with Gasteiger partial charge in [0.25, 0.3) is 11.5 Å². The van der Waals surface area contributed by atoms with E-state index in [0.29, 0.717) is 68.3 Å². The topological polar surface area (TPSA) is 110 Å². The summed E-state index contributed by atoms with van der Waals surface area (Å²) in [6.07, 6.45) is 1.80. The average molecular weight is 676 g/mol. The van der Waals surface area contributed by atoms with E-state index in [1.165, 1.54) is 11.3 Å². The fourth-order valence-electron chi connectivity index (χ4n) is 5.80. The molecule has 1 N–H and O–H groups in total. The Morgan fingerprint density at radius 3 is 2.55 bits per heavy atom. The minimum absolute atomic E-state index is 0.208. The molecule has 7 rings (SSSR count). The highest BCUT2D eigenvalue weighted by atomic mass is 32.1. The monoisotopic (exact) mass is 675 g/mol. The minimum atomic E-state index is -0.709. The second-order valence-corrected chi connectivity index (χ2v) is 12.3. The molecular weight excluding hydrogens is 642 g/mol. The van der Waals surface area contributed by atoms with Crippen molar-refractivity contribution in [3.05, 3.63) is 139 Å². The first-order chi connectivity index (χ1) is 23.9. The molecule has 0 saturated carbocycles. The van der Waals surface area contributed by atoms with Crippen LogP contribution in [0.25, 0.3) is 6.08 Å². The van der Waals surface area contributed by atoms with Gasteiger partial charge in [0, 0.05) is 5.69 Å². The first-order valence-electron chi connectivity index (χ1n) is 15.7. The molecule has 1 atom stereocenters. The summed E-state index contributed by atoms with van der Waals surface area (Å²) in [7, 11) is 1.57. The summed E-state index contributed by atoms with van der Waals surface area (Å²) in [5, 5.41) is 2.98. The number of aromatic nitrogens is 1. The normalized spacial score (nSPS) is 15.0. The number of nitrogens with one attached hydrogen (secondary N) is 1. The molecule has 2 aliphatic heterocycles. The van der Waals surface area contributed by atoms with Crippen LogP contribution in [0.15, 0.2) is 112 Å². The van der Waals surface area contributed by atoms with Gasteiger partial charge in [0.05, 0.1) is 35.6 Å². The molecule has 5 aromatic rings. The van der Waals surface area contributed by atoms with E-state index in [-0.39, 0.29) is 18.3 Å². The van der Waals surface area contributed by atoms with Gasteiger partial charge in [-0.05, 0) is 85.1 Å². The van der Waals surface area contributed by atoms with E-state index >= 15 is 0 Å². The lowest BCUT2D eigenvalue weighted by Crippen LogP contribution is -2.40. The van der Waals surface area contributed by atoms with E-state index in [2.05, 4.69) is 5.32 Å². The third-order valence-corrected chi connectivity index (χ3v) is 9.10. The van der Waals surface area contributed by atoms with Gasteiger partial charge in [-0.1, -0.05) is 53.8 Å². The molecule has 3 heterocycles. The summed E-state index contributed by atoms with van der Waals surface area (Å²) in [5.74, 6) is 2.84. The van der Waals surface area contributed by atoms with Crippen molar-refractivity contribution < 1.29 is 28.5 Å². The average Bonchev–Trinajstić information content (AvgIpc) is 3.71. The maximum absolute atomic E-state index is 14.2. The van der Waals surface area contributed by atoms with Crippen LogP contribution in [-0.4, -0.2) is 31.0 Å². The molecule has 0 bridgehead atoms. The second kappa shape index (κ2) is 13.7. The third kappa shape index (κ3) is 6.53. The standard InChI is InChI=1S/C38H33N3O7S/c1-4-45-28-14-12-26(13-15-28)35-34(36(42)40-27-8-6-5-7-9-27)23(2)39-38-41(35)37(43)33(49-38)20-24-10-16-29(31(18-24)44-3)46-21-25-11-17-30-32(19-25)48-22-47-30/h5-20,35H,4,21-22H2,1-3H3,(H,40,42)/b33-20-/t35-/m0/s1. The lowest BCUT2D eigenvalue weighted by atomic mass is 9.95. The maximum Gasteiger partial charge on any atom is 0.271 e. The van der Waals surface area contributed by atoms with Gasteiger partial charge in [0.2, 0.25) is 6.79 Å². The van der Waals surface area contributed by atoms with Crippen molar-refractivity contribution in [1.29, 1.82) is 0 Å². The number of para-hydroxylation sites is 1. The smallest absolute Gasteiger partial charge is 0.271 e. The maximum atomic E-state index is 14.2. The quantitative estimate of drug-likeness (QED) is 0.206. The molecule has 0 fully saturated rings. The zero-order chi connectivity index (χ0) is 33.9. The number of carbonyl (C=O) groups excluding carboxylic acids is 1. The summed E-state index contributed by atoms with van der Waals surface area (Å²) in [6.45, 7) is 4.75.